The summed E-state index contributed by atoms with van der Waals surface area (Å²) in [5.41, 5.74) is -1.38. The first-order chi connectivity index (χ1) is 11.3. The number of amides is 1. The molecule has 1 amide bonds. The molecule has 24 heavy (non-hydrogen) atoms. The van der Waals surface area contributed by atoms with Crippen molar-refractivity contribution in [3.05, 3.63) is 63.0 Å². The zero-order valence-corrected chi connectivity index (χ0v) is 13.0. The van der Waals surface area contributed by atoms with Gasteiger partial charge in [0.1, 0.15) is 5.69 Å². The van der Waals surface area contributed by atoms with Crippen molar-refractivity contribution in [2.24, 2.45) is 0 Å². The Bertz CT molecular complexity index is 992. The van der Waals surface area contributed by atoms with Crippen LogP contribution in [0.1, 0.15) is 21.6 Å². The van der Waals surface area contributed by atoms with Gasteiger partial charge in [0.2, 0.25) is 0 Å². The molecule has 1 N–H and O–H groups in total. The Labute approximate surface area is 137 Å². The number of halogens is 3. The predicted octanol–water partition coefficient (Wildman–Crippen LogP) is 3.34. The summed E-state index contributed by atoms with van der Waals surface area (Å²) in [7, 11) is 0. The quantitative estimate of drug-likeness (QED) is 0.769. The number of thiazole rings is 1. The largest absolute Gasteiger partial charge is 0.416 e. The van der Waals surface area contributed by atoms with Gasteiger partial charge in [-0.25, -0.2) is 4.98 Å². The van der Waals surface area contributed by atoms with Gasteiger partial charge in [-0.05, 0) is 25.1 Å². The molecule has 2 heterocycles. The summed E-state index contributed by atoms with van der Waals surface area (Å²) < 4.78 is 39.5. The van der Waals surface area contributed by atoms with Crippen LogP contribution in [-0.2, 0) is 6.18 Å². The molecule has 0 bridgehead atoms. The van der Waals surface area contributed by atoms with Crippen LogP contribution in [0.4, 0.5) is 18.9 Å². The molecule has 0 atom stereocenters. The molecule has 5 nitrogen and oxygen atoms in total. The van der Waals surface area contributed by atoms with E-state index in [0.29, 0.717) is 10.7 Å². The van der Waals surface area contributed by atoms with Crippen LogP contribution in [0, 0.1) is 6.92 Å². The summed E-state index contributed by atoms with van der Waals surface area (Å²) in [5.74, 6) is -0.807. The van der Waals surface area contributed by atoms with E-state index in [9.17, 15) is 22.8 Å². The molecule has 3 rings (SSSR count). The van der Waals surface area contributed by atoms with Crippen molar-refractivity contribution in [3.63, 3.8) is 0 Å². The van der Waals surface area contributed by atoms with Crippen LogP contribution in [-0.4, -0.2) is 15.3 Å². The molecule has 124 valence electrons. The molecule has 2 aromatic heterocycles. The van der Waals surface area contributed by atoms with Crippen molar-refractivity contribution in [1.29, 1.82) is 0 Å². The van der Waals surface area contributed by atoms with Gasteiger partial charge in [-0.2, -0.15) is 13.2 Å². The SMILES string of the molecule is Cc1nc2sccn2c(=O)c1NC(=O)c1cccc(C(F)(F)F)c1. The first kappa shape index (κ1) is 16.2. The van der Waals surface area contributed by atoms with Gasteiger partial charge in [-0.1, -0.05) is 6.07 Å². The number of benzene rings is 1. The summed E-state index contributed by atoms with van der Waals surface area (Å²) in [4.78, 5) is 29.2. The van der Waals surface area contributed by atoms with Crippen molar-refractivity contribution < 1.29 is 18.0 Å². The molecule has 0 aliphatic rings. The van der Waals surface area contributed by atoms with E-state index in [2.05, 4.69) is 10.3 Å². The van der Waals surface area contributed by atoms with Gasteiger partial charge in [0.05, 0.1) is 11.3 Å². The Kier molecular flexibility index (Phi) is 3.88. The first-order valence-electron chi connectivity index (χ1n) is 6.72. The molecule has 0 spiro atoms. The maximum absolute atomic E-state index is 12.7. The standard InChI is InChI=1S/C15H10F3N3O2S/c1-8-11(13(23)21-5-6-24-14(21)19-8)20-12(22)9-3-2-4-10(7-9)15(16,17)18/h2-7H,1H3,(H,20,22). The molecule has 0 fully saturated rings. The highest BCUT2D eigenvalue weighted by Gasteiger charge is 2.31. The molecule has 0 radical (unpaired) electrons. The lowest BCUT2D eigenvalue weighted by Gasteiger charge is -2.10. The van der Waals surface area contributed by atoms with Gasteiger partial charge >= 0.3 is 6.18 Å². The van der Waals surface area contributed by atoms with Crippen LogP contribution in [0.15, 0.2) is 40.6 Å². The molecule has 1 aromatic carbocycles. The number of hydrogen-bond donors (Lipinski definition) is 1. The van der Waals surface area contributed by atoms with E-state index in [1.54, 1.807) is 12.3 Å². The lowest BCUT2D eigenvalue weighted by Crippen LogP contribution is -2.24. The molecular formula is C15H10F3N3O2S. The summed E-state index contributed by atoms with van der Waals surface area (Å²) in [6, 6.07) is 3.99. The van der Waals surface area contributed by atoms with Gasteiger partial charge in [0, 0.05) is 17.1 Å². The number of fused-ring (bicyclic) bond motifs is 1. The van der Waals surface area contributed by atoms with Crippen LogP contribution in [0.3, 0.4) is 0 Å². The number of rotatable bonds is 2. The minimum atomic E-state index is -4.55. The fourth-order valence-electron chi connectivity index (χ4n) is 2.15. The maximum atomic E-state index is 12.7. The molecule has 0 unspecified atom stereocenters. The molecular weight excluding hydrogens is 343 g/mol. The zero-order valence-electron chi connectivity index (χ0n) is 12.2. The number of nitrogens with one attached hydrogen (secondary N) is 1. The zero-order chi connectivity index (χ0) is 17.5. The second-order valence-corrected chi connectivity index (χ2v) is 5.84. The highest BCUT2D eigenvalue weighted by atomic mass is 32.1. The summed E-state index contributed by atoms with van der Waals surface area (Å²) >= 11 is 1.26. The average Bonchev–Trinajstić information content (AvgIpc) is 2.99. The fraction of sp³-hybridized carbons (Fsp3) is 0.133. The van der Waals surface area contributed by atoms with Crippen molar-refractivity contribution in [2.75, 3.05) is 5.32 Å². The third-order valence-corrected chi connectivity index (χ3v) is 4.09. The summed E-state index contributed by atoms with van der Waals surface area (Å²) in [5, 5.41) is 4.03. The number of hydrogen-bond acceptors (Lipinski definition) is 4. The van der Waals surface area contributed by atoms with E-state index in [4.69, 9.17) is 0 Å². The Morgan fingerprint density at radius 1 is 1.33 bits per heavy atom. The number of aromatic nitrogens is 2. The topological polar surface area (TPSA) is 63.5 Å². The number of alkyl halides is 3. The Morgan fingerprint density at radius 2 is 2.08 bits per heavy atom. The van der Waals surface area contributed by atoms with E-state index < -0.39 is 23.2 Å². The molecule has 0 aliphatic heterocycles. The highest BCUT2D eigenvalue weighted by molar-refractivity contribution is 7.15. The molecule has 3 aromatic rings. The summed E-state index contributed by atoms with van der Waals surface area (Å²) in [6.07, 6.45) is -3.04. The van der Waals surface area contributed by atoms with Crippen LogP contribution in [0.25, 0.3) is 4.96 Å². The third-order valence-electron chi connectivity index (χ3n) is 3.34. The lowest BCUT2D eigenvalue weighted by atomic mass is 10.1. The van der Waals surface area contributed by atoms with Crippen LogP contribution < -0.4 is 10.9 Å². The molecule has 9 heteroatoms. The average molecular weight is 353 g/mol. The van der Waals surface area contributed by atoms with Crippen molar-refractivity contribution in [1.82, 2.24) is 9.38 Å². The van der Waals surface area contributed by atoms with E-state index in [1.165, 1.54) is 28.0 Å². The van der Waals surface area contributed by atoms with Gasteiger partial charge < -0.3 is 5.32 Å². The second-order valence-electron chi connectivity index (χ2n) is 4.97. The van der Waals surface area contributed by atoms with Gasteiger partial charge in [-0.3, -0.25) is 14.0 Å². The first-order valence-corrected chi connectivity index (χ1v) is 7.60. The Hall–Kier alpha value is -2.68. The van der Waals surface area contributed by atoms with Crippen molar-refractivity contribution in [2.45, 2.75) is 13.1 Å². The van der Waals surface area contributed by atoms with E-state index in [-0.39, 0.29) is 11.3 Å². The van der Waals surface area contributed by atoms with E-state index in [0.717, 1.165) is 18.2 Å². The third kappa shape index (κ3) is 2.90. The van der Waals surface area contributed by atoms with Gasteiger partial charge in [0.25, 0.3) is 11.5 Å². The summed E-state index contributed by atoms with van der Waals surface area (Å²) in [6.45, 7) is 1.54. The Morgan fingerprint density at radius 3 is 2.79 bits per heavy atom. The van der Waals surface area contributed by atoms with Gasteiger partial charge in [0.15, 0.2) is 4.96 Å². The molecule has 0 saturated carbocycles. The minimum absolute atomic E-state index is 0.0617. The molecule has 0 aliphatic carbocycles. The van der Waals surface area contributed by atoms with Crippen molar-refractivity contribution >= 4 is 27.9 Å². The normalized spacial score (nSPS) is 11.7. The maximum Gasteiger partial charge on any atom is 0.416 e. The van der Waals surface area contributed by atoms with E-state index >= 15 is 0 Å². The van der Waals surface area contributed by atoms with Crippen LogP contribution >= 0.6 is 11.3 Å². The second kappa shape index (κ2) is 5.75. The lowest BCUT2D eigenvalue weighted by molar-refractivity contribution is -0.137. The molecule has 0 saturated heterocycles. The number of anilines is 1. The van der Waals surface area contributed by atoms with Crippen molar-refractivity contribution in [3.8, 4) is 0 Å². The monoisotopic (exact) mass is 353 g/mol. The number of carbonyl (C=O) groups excluding carboxylic acids is 1. The smallest absolute Gasteiger partial charge is 0.316 e. The number of nitrogens with zero attached hydrogens (tertiary/aromatic N) is 2. The highest BCUT2D eigenvalue weighted by Crippen LogP contribution is 2.29. The number of carbonyl (C=O) groups is 1. The van der Waals surface area contributed by atoms with Gasteiger partial charge in [-0.15, -0.1) is 11.3 Å². The van der Waals surface area contributed by atoms with E-state index in [1.807, 2.05) is 0 Å². The number of aryl methyl sites for hydroxylation is 1. The predicted molar refractivity (Wildman–Crippen MR) is 83.5 cm³/mol. The minimum Gasteiger partial charge on any atom is -0.316 e. The van der Waals surface area contributed by atoms with Crippen LogP contribution in [0.5, 0.6) is 0 Å². The Balaban J connectivity index is 1.97. The van der Waals surface area contributed by atoms with Crippen LogP contribution in [0.2, 0.25) is 0 Å². The fourth-order valence-corrected chi connectivity index (χ4v) is 2.90.